The second-order valence-corrected chi connectivity index (χ2v) is 7.98. The fourth-order valence-corrected chi connectivity index (χ4v) is 3.72. The van der Waals surface area contributed by atoms with Crippen molar-refractivity contribution in [3.05, 3.63) is 0 Å². The molecule has 3 unspecified atom stereocenters. The smallest absolute Gasteiger partial charge is 0.166 e. The number of sulfone groups is 1. The summed E-state index contributed by atoms with van der Waals surface area (Å²) in [6.07, 6.45) is 6.48. The molecule has 0 aromatic carbocycles. The Morgan fingerprint density at radius 3 is 2.65 bits per heavy atom. The van der Waals surface area contributed by atoms with Gasteiger partial charge >= 0.3 is 0 Å². The molecule has 0 aromatic rings. The number of rotatable bonds is 4. The van der Waals surface area contributed by atoms with Gasteiger partial charge in [0.2, 0.25) is 0 Å². The lowest BCUT2D eigenvalue weighted by atomic mass is 9.96. The second-order valence-electron chi connectivity index (χ2n) is 5.31. The Hall–Kier alpha value is -0.360. The lowest BCUT2D eigenvalue weighted by Gasteiger charge is -2.24. The number of thiocarbonyl (C=S) groups is 1. The first-order valence-corrected chi connectivity index (χ1v) is 8.63. The van der Waals surface area contributed by atoms with E-state index in [2.05, 4.69) is 10.6 Å². The van der Waals surface area contributed by atoms with Crippen molar-refractivity contribution >= 4 is 27.2 Å². The van der Waals surface area contributed by atoms with Crippen molar-refractivity contribution in [2.45, 2.75) is 31.7 Å². The predicted octanol–water partition coefficient (Wildman–Crippen LogP) is 0.684. The molecular formula is C11H20N2O2S2. The van der Waals surface area contributed by atoms with Gasteiger partial charge in [0.05, 0.1) is 5.75 Å². The van der Waals surface area contributed by atoms with E-state index in [0.29, 0.717) is 17.7 Å². The minimum atomic E-state index is -2.91. The van der Waals surface area contributed by atoms with Gasteiger partial charge in [0.1, 0.15) is 9.84 Å². The largest absolute Gasteiger partial charge is 0.362 e. The molecule has 17 heavy (non-hydrogen) atoms. The maximum atomic E-state index is 11.0. The topological polar surface area (TPSA) is 58.2 Å². The maximum absolute atomic E-state index is 11.0. The lowest BCUT2D eigenvalue weighted by molar-refractivity contribution is 0.389. The summed E-state index contributed by atoms with van der Waals surface area (Å²) >= 11 is 5.18. The third kappa shape index (κ3) is 3.81. The highest BCUT2D eigenvalue weighted by molar-refractivity contribution is 7.90. The van der Waals surface area contributed by atoms with Gasteiger partial charge in [-0.15, -0.1) is 0 Å². The summed E-state index contributed by atoms with van der Waals surface area (Å²) in [4.78, 5) is 0. The van der Waals surface area contributed by atoms with Crippen molar-refractivity contribution in [3.63, 3.8) is 0 Å². The van der Waals surface area contributed by atoms with Gasteiger partial charge in [-0.1, -0.05) is 6.42 Å². The minimum Gasteiger partial charge on any atom is -0.362 e. The highest BCUT2D eigenvalue weighted by atomic mass is 32.2. The molecule has 2 fully saturated rings. The predicted molar refractivity (Wildman–Crippen MR) is 72.7 cm³/mol. The van der Waals surface area contributed by atoms with Crippen LogP contribution in [-0.4, -0.2) is 38.1 Å². The third-order valence-corrected chi connectivity index (χ3v) is 5.02. The Labute approximate surface area is 108 Å². The van der Waals surface area contributed by atoms with Crippen molar-refractivity contribution in [2.75, 3.05) is 18.6 Å². The average molecular weight is 276 g/mol. The van der Waals surface area contributed by atoms with Gasteiger partial charge in [-0.2, -0.15) is 0 Å². The van der Waals surface area contributed by atoms with Crippen LogP contribution >= 0.6 is 12.2 Å². The van der Waals surface area contributed by atoms with Crippen LogP contribution in [0.1, 0.15) is 25.7 Å². The summed E-state index contributed by atoms with van der Waals surface area (Å²) in [5.41, 5.74) is 0. The summed E-state index contributed by atoms with van der Waals surface area (Å²) in [7, 11) is -2.91. The first-order chi connectivity index (χ1) is 7.94. The summed E-state index contributed by atoms with van der Waals surface area (Å²) in [5.74, 6) is 1.79. The van der Waals surface area contributed by atoms with E-state index in [9.17, 15) is 8.42 Å². The number of fused-ring (bicyclic) bond motifs is 2. The number of hydrogen-bond acceptors (Lipinski definition) is 3. The number of nitrogens with one attached hydrogen (secondary N) is 2. The monoisotopic (exact) mass is 276 g/mol. The zero-order valence-corrected chi connectivity index (χ0v) is 11.7. The van der Waals surface area contributed by atoms with Crippen LogP contribution < -0.4 is 10.6 Å². The van der Waals surface area contributed by atoms with Gasteiger partial charge in [0, 0.05) is 18.8 Å². The molecule has 2 saturated carbocycles. The molecule has 0 saturated heterocycles. The van der Waals surface area contributed by atoms with Crippen molar-refractivity contribution < 1.29 is 8.42 Å². The van der Waals surface area contributed by atoms with Crippen molar-refractivity contribution in [1.29, 1.82) is 0 Å². The van der Waals surface area contributed by atoms with E-state index in [-0.39, 0.29) is 5.75 Å². The van der Waals surface area contributed by atoms with Crippen LogP contribution in [0.15, 0.2) is 0 Å². The van der Waals surface area contributed by atoms with Gasteiger partial charge in [0.25, 0.3) is 0 Å². The SMILES string of the molecule is CS(=O)(=O)CCNC(=S)NC1CC2CCC1C2. The van der Waals surface area contributed by atoms with E-state index in [4.69, 9.17) is 12.2 Å². The van der Waals surface area contributed by atoms with Crippen LogP contribution in [-0.2, 0) is 9.84 Å². The molecule has 2 rings (SSSR count). The van der Waals surface area contributed by atoms with Gasteiger partial charge in [-0.3, -0.25) is 0 Å². The molecule has 0 aromatic heterocycles. The van der Waals surface area contributed by atoms with Crippen molar-refractivity contribution in [1.82, 2.24) is 10.6 Å². The van der Waals surface area contributed by atoms with Crippen LogP contribution in [0.4, 0.5) is 0 Å². The van der Waals surface area contributed by atoms with Crippen LogP contribution in [0.5, 0.6) is 0 Å². The zero-order valence-electron chi connectivity index (χ0n) is 10.1. The van der Waals surface area contributed by atoms with Gasteiger partial charge < -0.3 is 10.6 Å². The van der Waals surface area contributed by atoms with E-state index >= 15 is 0 Å². The Bertz CT molecular complexity index is 394. The van der Waals surface area contributed by atoms with Crippen molar-refractivity contribution in [2.24, 2.45) is 11.8 Å². The molecule has 2 bridgehead atoms. The van der Waals surface area contributed by atoms with Crippen LogP contribution in [0, 0.1) is 11.8 Å². The maximum Gasteiger partial charge on any atom is 0.166 e. The van der Waals surface area contributed by atoms with E-state index in [1.54, 1.807) is 0 Å². The summed E-state index contributed by atoms with van der Waals surface area (Å²) in [5, 5.41) is 6.89. The zero-order chi connectivity index (χ0) is 12.5. The lowest BCUT2D eigenvalue weighted by Crippen LogP contribution is -2.45. The van der Waals surface area contributed by atoms with Crippen LogP contribution in [0.2, 0.25) is 0 Å². The molecule has 0 radical (unpaired) electrons. The summed E-state index contributed by atoms with van der Waals surface area (Å²) in [6, 6.07) is 0.506. The number of hydrogen-bond donors (Lipinski definition) is 2. The Morgan fingerprint density at radius 2 is 2.12 bits per heavy atom. The normalized spacial score (nSPS) is 31.5. The molecule has 3 atom stereocenters. The molecule has 0 aliphatic heterocycles. The fraction of sp³-hybridized carbons (Fsp3) is 0.909. The van der Waals surface area contributed by atoms with Gasteiger partial charge in [0.15, 0.2) is 5.11 Å². The summed E-state index contributed by atoms with van der Waals surface area (Å²) in [6.45, 7) is 0.394. The molecule has 0 amide bonds. The van der Waals surface area contributed by atoms with Gasteiger partial charge in [-0.25, -0.2) is 8.42 Å². The van der Waals surface area contributed by atoms with E-state index in [1.165, 1.54) is 31.9 Å². The molecule has 2 aliphatic rings. The highest BCUT2D eigenvalue weighted by Crippen LogP contribution is 2.44. The average Bonchev–Trinajstić information content (AvgIpc) is 2.76. The molecule has 0 spiro atoms. The minimum absolute atomic E-state index is 0.130. The van der Waals surface area contributed by atoms with Crippen LogP contribution in [0.25, 0.3) is 0 Å². The van der Waals surface area contributed by atoms with E-state index < -0.39 is 9.84 Å². The molecule has 98 valence electrons. The Morgan fingerprint density at radius 1 is 1.35 bits per heavy atom. The van der Waals surface area contributed by atoms with E-state index in [1.807, 2.05) is 0 Å². The van der Waals surface area contributed by atoms with Gasteiger partial charge in [-0.05, 0) is 43.3 Å². The highest BCUT2D eigenvalue weighted by Gasteiger charge is 2.39. The molecule has 2 N–H and O–H groups in total. The Kier molecular flexibility index (Phi) is 3.92. The van der Waals surface area contributed by atoms with E-state index in [0.717, 1.165) is 11.8 Å². The molecular weight excluding hydrogens is 256 g/mol. The third-order valence-electron chi connectivity index (χ3n) is 3.81. The standard InChI is InChI=1S/C11H20N2O2S2/c1-17(14,15)5-4-12-11(16)13-10-7-8-2-3-9(10)6-8/h8-10H,2-7H2,1H3,(H2,12,13,16). The molecule has 2 aliphatic carbocycles. The first kappa shape index (κ1) is 13.1. The second kappa shape index (κ2) is 5.10. The first-order valence-electron chi connectivity index (χ1n) is 6.16. The quantitative estimate of drug-likeness (QED) is 0.740. The fourth-order valence-electron chi connectivity index (χ4n) is 2.99. The van der Waals surface area contributed by atoms with Crippen molar-refractivity contribution in [3.8, 4) is 0 Å². The summed E-state index contributed by atoms with van der Waals surface area (Å²) < 4.78 is 21.9. The molecule has 0 heterocycles. The Balaban J connectivity index is 1.68. The van der Waals surface area contributed by atoms with Crippen LogP contribution in [0.3, 0.4) is 0 Å². The molecule has 6 heteroatoms. The molecule has 4 nitrogen and oxygen atoms in total.